The van der Waals surface area contributed by atoms with E-state index in [9.17, 15) is 4.79 Å². The smallest absolute Gasteiger partial charge is 0.267 e. The van der Waals surface area contributed by atoms with E-state index in [0.29, 0.717) is 23.8 Å². The van der Waals surface area contributed by atoms with Gasteiger partial charge in [-0.25, -0.2) is 0 Å². The molecule has 1 fully saturated rings. The van der Waals surface area contributed by atoms with E-state index in [1.165, 1.54) is 0 Å². The van der Waals surface area contributed by atoms with Crippen molar-refractivity contribution >= 4 is 22.5 Å². The Hall–Kier alpha value is -2.01. The molecule has 3 rings (SSSR count). The van der Waals surface area contributed by atoms with Gasteiger partial charge in [0.05, 0.1) is 6.10 Å². The van der Waals surface area contributed by atoms with Gasteiger partial charge < -0.3 is 20.8 Å². The fourth-order valence-corrected chi connectivity index (χ4v) is 2.64. The van der Waals surface area contributed by atoms with Gasteiger partial charge in [-0.3, -0.25) is 4.79 Å². The number of rotatable bonds is 3. The van der Waals surface area contributed by atoms with Crippen LogP contribution in [0.5, 0.6) is 0 Å². The van der Waals surface area contributed by atoms with Gasteiger partial charge in [-0.2, -0.15) is 0 Å². The molecule has 20 heavy (non-hydrogen) atoms. The second kappa shape index (κ2) is 5.17. The minimum atomic E-state index is -0.0844. The zero-order valence-electron chi connectivity index (χ0n) is 11.5. The van der Waals surface area contributed by atoms with Crippen LogP contribution in [0.3, 0.4) is 0 Å². The Kier molecular flexibility index (Phi) is 3.36. The number of anilines is 1. The molecule has 1 aromatic carbocycles. The molecule has 2 atom stereocenters. The molecule has 4 N–H and O–H groups in total. The summed E-state index contributed by atoms with van der Waals surface area (Å²) in [6, 6.07) is 7.39. The van der Waals surface area contributed by atoms with Crippen molar-refractivity contribution in [2.24, 2.45) is 5.92 Å². The Morgan fingerprint density at radius 2 is 2.35 bits per heavy atom. The number of nitrogens with one attached hydrogen (secondary N) is 2. The first-order valence-corrected chi connectivity index (χ1v) is 6.91. The highest BCUT2D eigenvalue weighted by Gasteiger charge is 2.24. The average molecular weight is 273 g/mol. The summed E-state index contributed by atoms with van der Waals surface area (Å²) < 4.78 is 5.49. The minimum absolute atomic E-state index is 0.0844. The number of hydrogen-bond donors (Lipinski definition) is 3. The number of aromatic nitrogens is 1. The van der Waals surface area contributed by atoms with Gasteiger partial charge in [-0.15, -0.1) is 0 Å². The highest BCUT2D eigenvalue weighted by molar-refractivity contribution is 5.98. The van der Waals surface area contributed by atoms with Crippen LogP contribution in [-0.4, -0.2) is 30.1 Å². The highest BCUT2D eigenvalue weighted by Crippen LogP contribution is 2.20. The largest absolute Gasteiger partial charge is 0.399 e. The summed E-state index contributed by atoms with van der Waals surface area (Å²) in [6.45, 7) is 3.49. The standard InChI is InChI=1S/C15H19N3O2/c1-9-10(4-5-20-9)8-17-15(19)14-7-11-6-12(16)2-3-13(11)18-14/h2-3,6-7,9-10,18H,4-5,8,16H2,1H3,(H,17,19). The van der Waals surface area contributed by atoms with Crippen LogP contribution in [0, 0.1) is 5.92 Å². The summed E-state index contributed by atoms with van der Waals surface area (Å²) in [6.07, 6.45) is 1.22. The molecule has 1 aliphatic heterocycles. The topological polar surface area (TPSA) is 80.1 Å². The second-order valence-electron chi connectivity index (χ2n) is 5.36. The summed E-state index contributed by atoms with van der Waals surface area (Å²) in [5.74, 6) is 0.317. The zero-order valence-corrected chi connectivity index (χ0v) is 11.5. The van der Waals surface area contributed by atoms with Gasteiger partial charge in [-0.05, 0) is 37.6 Å². The summed E-state index contributed by atoms with van der Waals surface area (Å²) in [5.41, 5.74) is 7.92. The summed E-state index contributed by atoms with van der Waals surface area (Å²) in [7, 11) is 0. The molecule has 1 saturated heterocycles. The molecule has 0 aliphatic carbocycles. The number of nitrogen functional groups attached to an aromatic ring is 1. The number of H-pyrrole nitrogens is 1. The summed E-state index contributed by atoms with van der Waals surface area (Å²) in [5, 5.41) is 3.92. The van der Waals surface area contributed by atoms with Gasteiger partial charge in [0.2, 0.25) is 0 Å². The first-order chi connectivity index (χ1) is 9.63. The van der Waals surface area contributed by atoms with Crippen LogP contribution in [-0.2, 0) is 4.74 Å². The molecule has 0 spiro atoms. The van der Waals surface area contributed by atoms with Gasteiger partial charge >= 0.3 is 0 Å². The van der Waals surface area contributed by atoms with Gasteiger partial charge in [0.15, 0.2) is 0 Å². The normalized spacial score (nSPS) is 22.2. The van der Waals surface area contributed by atoms with Crippen molar-refractivity contribution < 1.29 is 9.53 Å². The number of carbonyl (C=O) groups is 1. The molecule has 0 radical (unpaired) electrons. The number of nitrogens with two attached hydrogens (primary N) is 1. The predicted octanol–water partition coefficient (Wildman–Crippen LogP) is 1.90. The molecule has 2 aromatic rings. The molecule has 106 valence electrons. The molecular weight excluding hydrogens is 254 g/mol. The van der Waals surface area contributed by atoms with Crippen LogP contribution >= 0.6 is 0 Å². The third-order valence-electron chi connectivity index (χ3n) is 3.95. The van der Waals surface area contributed by atoms with E-state index in [1.807, 2.05) is 24.3 Å². The molecule has 0 saturated carbocycles. The third kappa shape index (κ3) is 2.49. The van der Waals surface area contributed by atoms with E-state index in [4.69, 9.17) is 10.5 Å². The number of carbonyl (C=O) groups excluding carboxylic acids is 1. The van der Waals surface area contributed by atoms with E-state index in [2.05, 4.69) is 17.2 Å². The van der Waals surface area contributed by atoms with Crippen LogP contribution in [0.15, 0.2) is 24.3 Å². The lowest BCUT2D eigenvalue weighted by atomic mass is 10.0. The van der Waals surface area contributed by atoms with Gasteiger partial charge in [0.25, 0.3) is 5.91 Å². The van der Waals surface area contributed by atoms with Gasteiger partial charge in [0, 0.05) is 35.7 Å². The predicted molar refractivity (Wildman–Crippen MR) is 78.6 cm³/mol. The maximum absolute atomic E-state index is 12.1. The highest BCUT2D eigenvalue weighted by atomic mass is 16.5. The Morgan fingerprint density at radius 1 is 1.50 bits per heavy atom. The quantitative estimate of drug-likeness (QED) is 0.747. The first-order valence-electron chi connectivity index (χ1n) is 6.91. The molecule has 1 amide bonds. The van der Waals surface area contributed by atoms with E-state index in [0.717, 1.165) is 23.9 Å². The maximum atomic E-state index is 12.1. The molecule has 0 bridgehead atoms. The fourth-order valence-electron chi connectivity index (χ4n) is 2.64. The Labute approximate surface area is 117 Å². The maximum Gasteiger partial charge on any atom is 0.267 e. The molecule has 2 heterocycles. The van der Waals surface area contributed by atoms with Crippen LogP contribution in [0.25, 0.3) is 10.9 Å². The Morgan fingerprint density at radius 3 is 3.10 bits per heavy atom. The minimum Gasteiger partial charge on any atom is -0.399 e. The van der Waals surface area contributed by atoms with Gasteiger partial charge in [0.1, 0.15) is 5.69 Å². The fraction of sp³-hybridized carbons (Fsp3) is 0.400. The van der Waals surface area contributed by atoms with Crippen molar-refractivity contribution in [1.82, 2.24) is 10.3 Å². The van der Waals surface area contributed by atoms with Crippen molar-refractivity contribution in [1.29, 1.82) is 0 Å². The lowest BCUT2D eigenvalue weighted by molar-refractivity contribution is 0.0904. The van der Waals surface area contributed by atoms with Crippen molar-refractivity contribution in [2.45, 2.75) is 19.4 Å². The van der Waals surface area contributed by atoms with Crippen molar-refractivity contribution in [3.63, 3.8) is 0 Å². The van der Waals surface area contributed by atoms with Gasteiger partial charge in [-0.1, -0.05) is 0 Å². The van der Waals surface area contributed by atoms with Crippen LogP contribution < -0.4 is 11.1 Å². The average Bonchev–Trinajstić information content (AvgIpc) is 3.01. The van der Waals surface area contributed by atoms with Crippen LogP contribution in [0.2, 0.25) is 0 Å². The number of aromatic amines is 1. The molecule has 2 unspecified atom stereocenters. The number of hydrogen-bond acceptors (Lipinski definition) is 3. The summed E-state index contributed by atoms with van der Waals surface area (Å²) in [4.78, 5) is 15.3. The first kappa shape index (κ1) is 13.0. The Balaban J connectivity index is 1.69. The van der Waals surface area contributed by atoms with Crippen molar-refractivity contribution in [2.75, 3.05) is 18.9 Å². The van der Waals surface area contributed by atoms with E-state index in [-0.39, 0.29) is 12.0 Å². The van der Waals surface area contributed by atoms with Crippen molar-refractivity contribution in [3.8, 4) is 0 Å². The number of benzene rings is 1. The lowest BCUT2D eigenvalue weighted by Gasteiger charge is -2.14. The van der Waals surface area contributed by atoms with E-state index in [1.54, 1.807) is 0 Å². The SMILES string of the molecule is CC1OCCC1CNC(=O)c1cc2cc(N)ccc2[nH]1. The Bertz CT molecular complexity index is 635. The second-order valence-corrected chi connectivity index (χ2v) is 5.36. The molecule has 1 aliphatic rings. The van der Waals surface area contributed by atoms with Crippen LogP contribution in [0.4, 0.5) is 5.69 Å². The zero-order chi connectivity index (χ0) is 14.1. The van der Waals surface area contributed by atoms with E-state index >= 15 is 0 Å². The third-order valence-corrected chi connectivity index (χ3v) is 3.95. The summed E-state index contributed by atoms with van der Waals surface area (Å²) >= 11 is 0. The molecular formula is C15H19N3O2. The molecule has 5 nitrogen and oxygen atoms in total. The number of amides is 1. The van der Waals surface area contributed by atoms with Crippen LogP contribution in [0.1, 0.15) is 23.8 Å². The van der Waals surface area contributed by atoms with Crippen molar-refractivity contribution in [3.05, 3.63) is 30.0 Å². The number of ether oxygens (including phenoxy) is 1. The number of fused-ring (bicyclic) bond motifs is 1. The molecule has 5 heteroatoms. The molecule has 1 aromatic heterocycles. The monoisotopic (exact) mass is 273 g/mol. The van der Waals surface area contributed by atoms with E-state index < -0.39 is 0 Å². The lowest BCUT2D eigenvalue weighted by Crippen LogP contribution is -2.32.